The number of aromatic nitrogens is 3. The van der Waals surface area contributed by atoms with Crippen molar-refractivity contribution >= 4 is 45.6 Å². The van der Waals surface area contributed by atoms with Gasteiger partial charge in [-0.25, -0.2) is 0 Å². The Morgan fingerprint density at radius 2 is 1.81 bits per heavy atom. The van der Waals surface area contributed by atoms with E-state index in [-0.39, 0.29) is 11.3 Å². The van der Waals surface area contributed by atoms with Gasteiger partial charge in [0, 0.05) is 30.4 Å². The van der Waals surface area contributed by atoms with Crippen molar-refractivity contribution in [1.82, 2.24) is 15.0 Å². The van der Waals surface area contributed by atoms with Crippen LogP contribution in [0.4, 0.5) is 17.1 Å². The number of nitro groups is 1. The van der Waals surface area contributed by atoms with Gasteiger partial charge in [-0.2, -0.15) is 4.80 Å². The Balaban J connectivity index is 1.37. The predicted octanol–water partition coefficient (Wildman–Crippen LogP) is 5.23. The number of anilines is 2. The molecule has 1 aliphatic heterocycles. The first-order valence-electron chi connectivity index (χ1n) is 11.5. The summed E-state index contributed by atoms with van der Waals surface area (Å²) in [6.45, 7) is 1.55. The smallest absolute Gasteiger partial charge is 0.293 e. The number of hydrogen-bond donors (Lipinski definition) is 1. The molecule has 184 valence electrons. The maximum Gasteiger partial charge on any atom is 0.293 e. The van der Waals surface area contributed by atoms with Crippen LogP contribution in [0.2, 0.25) is 5.02 Å². The van der Waals surface area contributed by atoms with Gasteiger partial charge in [0.1, 0.15) is 22.5 Å². The lowest BCUT2D eigenvalue weighted by Gasteiger charge is -2.28. The second kappa shape index (κ2) is 9.82. The summed E-state index contributed by atoms with van der Waals surface area (Å²) in [5.41, 5.74) is 3.03. The van der Waals surface area contributed by atoms with Crippen molar-refractivity contribution in [3.63, 3.8) is 0 Å². The topological polar surface area (TPSA) is 115 Å². The van der Waals surface area contributed by atoms with Crippen LogP contribution < -0.4 is 15.0 Å². The van der Waals surface area contributed by atoms with Crippen molar-refractivity contribution in [3.8, 4) is 11.4 Å². The number of fused-ring (bicyclic) bond motifs is 1. The van der Waals surface area contributed by atoms with Crippen molar-refractivity contribution < 1.29 is 14.5 Å². The number of halogens is 1. The van der Waals surface area contributed by atoms with E-state index in [0.29, 0.717) is 38.9 Å². The van der Waals surface area contributed by atoms with Gasteiger partial charge in [0.15, 0.2) is 0 Å². The molecular formula is C25H23ClN6O4. The van der Waals surface area contributed by atoms with E-state index >= 15 is 0 Å². The van der Waals surface area contributed by atoms with Crippen LogP contribution in [0.15, 0.2) is 54.6 Å². The molecule has 11 heteroatoms. The van der Waals surface area contributed by atoms with Crippen LogP contribution in [0.25, 0.3) is 16.7 Å². The van der Waals surface area contributed by atoms with Crippen LogP contribution in [0, 0.1) is 10.1 Å². The molecule has 0 unspecified atom stereocenters. The fourth-order valence-electron chi connectivity index (χ4n) is 4.30. The largest absolute Gasteiger partial charge is 0.495 e. The average Bonchev–Trinajstić information content (AvgIpc) is 3.32. The number of piperidine rings is 1. The third-order valence-electron chi connectivity index (χ3n) is 6.14. The SMILES string of the molecule is COc1ccc(-n2nc3ccc(NC(=O)c4ccc(N5CCCCC5)c([N+](=O)[O-])c4)cc3n2)cc1Cl. The first-order chi connectivity index (χ1) is 17.4. The van der Waals surface area contributed by atoms with E-state index in [4.69, 9.17) is 16.3 Å². The number of carbonyl (C=O) groups is 1. The van der Waals surface area contributed by atoms with Crippen LogP contribution >= 0.6 is 11.6 Å². The molecule has 1 fully saturated rings. The third-order valence-corrected chi connectivity index (χ3v) is 6.43. The molecule has 0 radical (unpaired) electrons. The van der Waals surface area contributed by atoms with Crippen molar-refractivity contribution in [2.45, 2.75) is 19.3 Å². The first-order valence-corrected chi connectivity index (χ1v) is 11.9. The second-order valence-corrected chi connectivity index (χ2v) is 8.88. The van der Waals surface area contributed by atoms with Crippen LogP contribution in [0.5, 0.6) is 5.75 Å². The number of carbonyl (C=O) groups excluding carboxylic acids is 1. The van der Waals surface area contributed by atoms with Gasteiger partial charge < -0.3 is 15.0 Å². The molecule has 0 atom stereocenters. The van der Waals surface area contributed by atoms with Gasteiger partial charge in [0.05, 0.1) is 22.7 Å². The minimum Gasteiger partial charge on any atom is -0.495 e. The van der Waals surface area contributed by atoms with E-state index in [0.717, 1.165) is 32.4 Å². The van der Waals surface area contributed by atoms with E-state index in [9.17, 15) is 14.9 Å². The van der Waals surface area contributed by atoms with Crippen LogP contribution in [0.3, 0.4) is 0 Å². The lowest BCUT2D eigenvalue weighted by Crippen LogP contribution is -2.30. The molecule has 10 nitrogen and oxygen atoms in total. The Bertz CT molecular complexity index is 1460. The van der Waals surface area contributed by atoms with Gasteiger partial charge >= 0.3 is 0 Å². The molecule has 1 N–H and O–H groups in total. The normalized spacial score (nSPS) is 13.6. The first kappa shape index (κ1) is 23.6. The number of ether oxygens (including phenoxy) is 1. The quantitative estimate of drug-likeness (QED) is 0.281. The fraction of sp³-hybridized carbons (Fsp3) is 0.240. The highest BCUT2D eigenvalue weighted by Gasteiger charge is 2.23. The molecule has 0 spiro atoms. The molecule has 4 aromatic rings. The van der Waals surface area contributed by atoms with Gasteiger partial charge in [0.25, 0.3) is 11.6 Å². The van der Waals surface area contributed by atoms with Crippen molar-refractivity contribution in [1.29, 1.82) is 0 Å². The summed E-state index contributed by atoms with van der Waals surface area (Å²) in [5.74, 6) is 0.100. The number of nitro benzene ring substituents is 1. The molecule has 0 aliphatic carbocycles. The zero-order valence-electron chi connectivity index (χ0n) is 19.5. The van der Waals surface area contributed by atoms with Gasteiger partial charge in [-0.15, -0.1) is 10.2 Å². The number of nitrogens with zero attached hydrogens (tertiary/aromatic N) is 5. The minimum absolute atomic E-state index is 0.0684. The van der Waals surface area contributed by atoms with E-state index in [1.165, 1.54) is 10.9 Å². The predicted molar refractivity (Wildman–Crippen MR) is 138 cm³/mol. The summed E-state index contributed by atoms with van der Waals surface area (Å²) >= 11 is 6.22. The summed E-state index contributed by atoms with van der Waals surface area (Å²) in [6, 6.07) is 15.0. The van der Waals surface area contributed by atoms with Crippen molar-refractivity contribution in [2.24, 2.45) is 0 Å². The fourth-order valence-corrected chi connectivity index (χ4v) is 4.56. The van der Waals surface area contributed by atoms with E-state index in [1.54, 1.807) is 55.6 Å². The third kappa shape index (κ3) is 4.67. The van der Waals surface area contributed by atoms with Gasteiger partial charge in [-0.05, 0) is 67.8 Å². The molecular weight excluding hydrogens is 484 g/mol. The average molecular weight is 507 g/mol. The Labute approximate surface area is 211 Å². The Hall–Kier alpha value is -4.18. The summed E-state index contributed by atoms with van der Waals surface area (Å²) in [6.07, 6.45) is 3.12. The molecule has 2 heterocycles. The highest BCUT2D eigenvalue weighted by molar-refractivity contribution is 6.32. The van der Waals surface area contributed by atoms with E-state index < -0.39 is 10.8 Å². The summed E-state index contributed by atoms with van der Waals surface area (Å²) in [7, 11) is 1.54. The molecule has 1 saturated heterocycles. The Morgan fingerprint density at radius 3 is 2.53 bits per heavy atom. The zero-order valence-corrected chi connectivity index (χ0v) is 20.2. The van der Waals surface area contributed by atoms with E-state index in [1.807, 2.05) is 4.90 Å². The number of hydrogen-bond acceptors (Lipinski definition) is 7. The summed E-state index contributed by atoms with van der Waals surface area (Å²) in [5, 5.41) is 23.9. The highest BCUT2D eigenvalue weighted by atomic mass is 35.5. The second-order valence-electron chi connectivity index (χ2n) is 8.47. The minimum atomic E-state index is -0.447. The molecule has 3 aromatic carbocycles. The molecule has 36 heavy (non-hydrogen) atoms. The number of amides is 1. The Morgan fingerprint density at radius 1 is 1.03 bits per heavy atom. The van der Waals surface area contributed by atoms with Crippen molar-refractivity contribution in [3.05, 3.63) is 75.3 Å². The monoisotopic (exact) mass is 506 g/mol. The standard InChI is InChI=1S/C25H23ClN6O4/c1-36-24-10-7-18(15-19(24)26)31-28-20-8-6-17(14-21(20)29-31)27-25(33)16-5-9-22(23(13-16)32(34)35)30-11-3-2-4-12-30/h5-10,13-15H,2-4,11-12H2,1H3,(H,27,33). The lowest BCUT2D eigenvalue weighted by molar-refractivity contribution is -0.384. The zero-order chi connectivity index (χ0) is 25.2. The van der Waals surface area contributed by atoms with Gasteiger partial charge in [0.2, 0.25) is 0 Å². The van der Waals surface area contributed by atoms with Gasteiger partial charge in [-0.1, -0.05) is 11.6 Å². The lowest BCUT2D eigenvalue weighted by atomic mass is 10.1. The number of nitrogens with one attached hydrogen (secondary N) is 1. The number of benzene rings is 3. The highest BCUT2D eigenvalue weighted by Crippen LogP contribution is 2.32. The maximum absolute atomic E-state index is 12.9. The van der Waals surface area contributed by atoms with Crippen LogP contribution in [-0.4, -0.2) is 46.0 Å². The molecule has 1 amide bonds. The Kier molecular flexibility index (Phi) is 6.43. The van der Waals surface area contributed by atoms with Crippen LogP contribution in [0.1, 0.15) is 29.6 Å². The van der Waals surface area contributed by atoms with Gasteiger partial charge in [-0.3, -0.25) is 14.9 Å². The van der Waals surface area contributed by atoms with Crippen LogP contribution in [-0.2, 0) is 0 Å². The summed E-state index contributed by atoms with van der Waals surface area (Å²) in [4.78, 5) is 27.7. The molecule has 1 aliphatic rings. The number of methoxy groups -OCH3 is 1. The molecule has 5 rings (SSSR count). The van der Waals surface area contributed by atoms with E-state index in [2.05, 4.69) is 15.5 Å². The molecule has 0 bridgehead atoms. The molecule has 0 saturated carbocycles. The number of rotatable bonds is 6. The molecule has 1 aromatic heterocycles. The maximum atomic E-state index is 12.9. The van der Waals surface area contributed by atoms with Crippen molar-refractivity contribution in [2.75, 3.05) is 30.4 Å². The summed E-state index contributed by atoms with van der Waals surface area (Å²) < 4.78 is 5.18.